The van der Waals surface area contributed by atoms with E-state index >= 15 is 0 Å². The molecule has 0 unspecified atom stereocenters. The van der Waals surface area contributed by atoms with Crippen molar-refractivity contribution >= 4 is 11.6 Å². The summed E-state index contributed by atoms with van der Waals surface area (Å²) >= 11 is 0. The van der Waals surface area contributed by atoms with Gasteiger partial charge in [0.1, 0.15) is 11.6 Å². The number of anilines is 1. The molecule has 0 saturated carbocycles. The van der Waals surface area contributed by atoms with Gasteiger partial charge in [-0.2, -0.15) is 5.10 Å². The number of aryl methyl sites for hydroxylation is 1. The maximum atomic E-state index is 13.3. The third-order valence-electron chi connectivity index (χ3n) is 3.36. The molecule has 3 aromatic rings. The molecule has 116 valence electrons. The number of hydrogen-bond acceptors (Lipinski definition) is 2. The first-order valence-electron chi connectivity index (χ1n) is 6.92. The maximum Gasteiger partial charge on any atom is 0.276 e. The summed E-state index contributed by atoms with van der Waals surface area (Å²) in [6, 6.07) is 11.4. The molecule has 0 aliphatic rings. The zero-order chi connectivity index (χ0) is 16.4. The van der Waals surface area contributed by atoms with E-state index in [4.69, 9.17) is 0 Å². The van der Waals surface area contributed by atoms with Gasteiger partial charge in [-0.1, -0.05) is 6.07 Å². The molecule has 0 saturated heterocycles. The van der Waals surface area contributed by atoms with Gasteiger partial charge < -0.3 is 5.32 Å². The summed E-state index contributed by atoms with van der Waals surface area (Å²) in [5, 5.41) is 6.77. The molecule has 1 amide bonds. The van der Waals surface area contributed by atoms with Crippen LogP contribution in [-0.4, -0.2) is 15.7 Å². The van der Waals surface area contributed by atoms with Crippen LogP contribution in [0.4, 0.5) is 14.5 Å². The number of nitrogens with zero attached hydrogens (tertiary/aromatic N) is 2. The number of nitrogens with one attached hydrogen (secondary N) is 1. The van der Waals surface area contributed by atoms with E-state index in [1.807, 2.05) is 0 Å². The van der Waals surface area contributed by atoms with Gasteiger partial charge in [-0.25, -0.2) is 13.5 Å². The highest BCUT2D eigenvalue weighted by Gasteiger charge is 2.12. The lowest BCUT2D eigenvalue weighted by atomic mass is 10.2. The van der Waals surface area contributed by atoms with E-state index in [9.17, 15) is 13.6 Å². The van der Waals surface area contributed by atoms with Crippen molar-refractivity contribution in [1.82, 2.24) is 9.78 Å². The van der Waals surface area contributed by atoms with Crippen LogP contribution in [0, 0.1) is 18.6 Å². The average Bonchev–Trinajstić information content (AvgIpc) is 3.02. The molecule has 1 aromatic heterocycles. The van der Waals surface area contributed by atoms with Crippen LogP contribution in [0.3, 0.4) is 0 Å². The molecule has 0 bridgehead atoms. The predicted octanol–water partition coefficient (Wildman–Crippen LogP) is 3.71. The summed E-state index contributed by atoms with van der Waals surface area (Å²) in [5.41, 5.74) is 1.95. The first-order valence-corrected chi connectivity index (χ1v) is 6.92. The number of aromatic nitrogens is 2. The largest absolute Gasteiger partial charge is 0.320 e. The van der Waals surface area contributed by atoms with Gasteiger partial charge in [-0.05, 0) is 55.0 Å². The van der Waals surface area contributed by atoms with E-state index in [-0.39, 0.29) is 11.5 Å². The van der Waals surface area contributed by atoms with Crippen molar-refractivity contribution in [2.75, 3.05) is 5.32 Å². The van der Waals surface area contributed by atoms with E-state index in [0.29, 0.717) is 11.4 Å². The zero-order valence-electron chi connectivity index (χ0n) is 12.3. The Balaban J connectivity index is 1.81. The molecule has 4 nitrogen and oxygen atoms in total. The summed E-state index contributed by atoms with van der Waals surface area (Å²) in [5.74, 6) is -1.22. The van der Waals surface area contributed by atoms with Gasteiger partial charge in [-0.3, -0.25) is 4.79 Å². The van der Waals surface area contributed by atoms with Gasteiger partial charge in [-0.15, -0.1) is 0 Å². The minimum atomic E-state index is -0.445. The summed E-state index contributed by atoms with van der Waals surface area (Å²) < 4.78 is 27.6. The molecule has 1 N–H and O–H groups in total. The second-order valence-corrected chi connectivity index (χ2v) is 5.04. The molecule has 0 radical (unpaired) electrons. The lowest BCUT2D eigenvalue weighted by molar-refractivity contribution is 0.102. The van der Waals surface area contributed by atoms with Crippen LogP contribution < -0.4 is 5.32 Å². The van der Waals surface area contributed by atoms with Gasteiger partial charge in [0.25, 0.3) is 5.91 Å². The maximum absolute atomic E-state index is 13.3. The van der Waals surface area contributed by atoms with Crippen molar-refractivity contribution in [1.29, 1.82) is 0 Å². The highest BCUT2D eigenvalue weighted by molar-refractivity contribution is 6.03. The van der Waals surface area contributed by atoms with Crippen LogP contribution in [0.15, 0.2) is 54.7 Å². The lowest BCUT2D eigenvalue weighted by Crippen LogP contribution is -2.14. The van der Waals surface area contributed by atoms with Crippen LogP contribution in [0.2, 0.25) is 0 Å². The lowest BCUT2D eigenvalue weighted by Gasteiger charge is -2.07. The molecule has 6 heteroatoms. The standard InChI is InChI=1S/C17H13F2N3O/c1-11-2-3-13(19)10-16(11)20-17(23)15-8-9-22(21-15)14-6-4-12(18)5-7-14/h2-10H,1H3,(H,20,23). The molecule has 0 spiro atoms. The van der Waals surface area contributed by atoms with Crippen molar-refractivity contribution in [2.24, 2.45) is 0 Å². The second-order valence-electron chi connectivity index (χ2n) is 5.04. The van der Waals surface area contributed by atoms with E-state index in [1.165, 1.54) is 35.0 Å². The molecular weight excluding hydrogens is 300 g/mol. The number of carbonyl (C=O) groups excluding carboxylic acids is 1. The van der Waals surface area contributed by atoms with E-state index in [2.05, 4.69) is 10.4 Å². The Morgan fingerprint density at radius 3 is 2.48 bits per heavy atom. The fourth-order valence-corrected chi connectivity index (χ4v) is 2.10. The normalized spacial score (nSPS) is 10.6. The van der Waals surface area contributed by atoms with Crippen LogP contribution >= 0.6 is 0 Å². The Labute approximate surface area is 131 Å². The van der Waals surface area contributed by atoms with Crippen molar-refractivity contribution in [3.63, 3.8) is 0 Å². The van der Waals surface area contributed by atoms with E-state index in [1.54, 1.807) is 31.3 Å². The van der Waals surface area contributed by atoms with Gasteiger partial charge in [0.2, 0.25) is 0 Å². The SMILES string of the molecule is Cc1ccc(F)cc1NC(=O)c1ccn(-c2ccc(F)cc2)n1. The first kappa shape index (κ1) is 14.9. The predicted molar refractivity (Wildman–Crippen MR) is 82.6 cm³/mol. The average molecular weight is 313 g/mol. The fourth-order valence-electron chi connectivity index (χ4n) is 2.10. The Kier molecular flexibility index (Phi) is 3.89. The topological polar surface area (TPSA) is 46.9 Å². The Bertz CT molecular complexity index is 857. The molecule has 2 aromatic carbocycles. The highest BCUT2D eigenvalue weighted by atomic mass is 19.1. The monoisotopic (exact) mass is 313 g/mol. The third-order valence-corrected chi connectivity index (χ3v) is 3.36. The minimum absolute atomic E-state index is 0.179. The molecule has 0 aliphatic heterocycles. The summed E-state index contributed by atoms with van der Waals surface area (Å²) in [4.78, 5) is 12.2. The van der Waals surface area contributed by atoms with Crippen LogP contribution in [0.1, 0.15) is 16.1 Å². The molecular formula is C17H13F2N3O. The van der Waals surface area contributed by atoms with Gasteiger partial charge in [0, 0.05) is 11.9 Å². The minimum Gasteiger partial charge on any atom is -0.320 e. The third kappa shape index (κ3) is 3.26. The van der Waals surface area contributed by atoms with Crippen molar-refractivity contribution < 1.29 is 13.6 Å². The van der Waals surface area contributed by atoms with Crippen molar-refractivity contribution in [3.8, 4) is 5.69 Å². The van der Waals surface area contributed by atoms with Crippen molar-refractivity contribution in [2.45, 2.75) is 6.92 Å². The van der Waals surface area contributed by atoms with Crippen LogP contribution in [0.25, 0.3) is 5.69 Å². The highest BCUT2D eigenvalue weighted by Crippen LogP contribution is 2.17. The molecule has 0 fully saturated rings. The van der Waals surface area contributed by atoms with Gasteiger partial charge >= 0.3 is 0 Å². The molecule has 0 atom stereocenters. The second kappa shape index (κ2) is 6.00. The summed E-state index contributed by atoms with van der Waals surface area (Å²) in [6.45, 7) is 1.77. The van der Waals surface area contributed by atoms with Crippen molar-refractivity contribution in [3.05, 3.63) is 77.6 Å². The number of rotatable bonds is 3. The van der Waals surface area contributed by atoms with Crippen LogP contribution in [-0.2, 0) is 0 Å². The summed E-state index contributed by atoms with van der Waals surface area (Å²) in [7, 11) is 0. The molecule has 23 heavy (non-hydrogen) atoms. The van der Waals surface area contributed by atoms with E-state index in [0.717, 1.165) is 5.56 Å². The Morgan fingerprint density at radius 2 is 1.74 bits per heavy atom. The number of amides is 1. The Hall–Kier alpha value is -3.02. The smallest absolute Gasteiger partial charge is 0.276 e. The molecule has 1 heterocycles. The molecule has 0 aliphatic carbocycles. The quantitative estimate of drug-likeness (QED) is 0.801. The molecule has 3 rings (SSSR count). The zero-order valence-corrected chi connectivity index (χ0v) is 12.3. The van der Waals surface area contributed by atoms with Gasteiger partial charge in [0.05, 0.1) is 5.69 Å². The Morgan fingerprint density at radius 1 is 1.04 bits per heavy atom. The summed E-state index contributed by atoms with van der Waals surface area (Å²) in [6.07, 6.45) is 1.60. The fraction of sp³-hybridized carbons (Fsp3) is 0.0588. The number of carbonyl (C=O) groups is 1. The van der Waals surface area contributed by atoms with Gasteiger partial charge in [0.15, 0.2) is 5.69 Å². The number of halogens is 2. The number of hydrogen-bond donors (Lipinski definition) is 1. The number of benzene rings is 2. The van der Waals surface area contributed by atoms with E-state index < -0.39 is 11.7 Å². The van der Waals surface area contributed by atoms with Crippen LogP contribution in [0.5, 0.6) is 0 Å². The first-order chi connectivity index (χ1) is 11.0.